The maximum absolute atomic E-state index is 12.1. The summed E-state index contributed by atoms with van der Waals surface area (Å²) in [5, 5.41) is 11.7. The van der Waals surface area contributed by atoms with Crippen LogP contribution < -0.4 is 4.90 Å². The smallest absolute Gasteiger partial charge is 0.270 e. The van der Waals surface area contributed by atoms with Gasteiger partial charge in [0.2, 0.25) is 5.91 Å². The normalized spacial score (nSPS) is 15.0. The van der Waals surface area contributed by atoms with E-state index in [-0.39, 0.29) is 16.5 Å². The van der Waals surface area contributed by atoms with Crippen LogP contribution in [-0.4, -0.2) is 46.9 Å². The van der Waals surface area contributed by atoms with Crippen molar-refractivity contribution in [1.82, 2.24) is 9.88 Å². The number of fused-ring (bicyclic) bond motifs is 1. The van der Waals surface area contributed by atoms with E-state index >= 15 is 0 Å². The maximum Gasteiger partial charge on any atom is 0.270 e. The summed E-state index contributed by atoms with van der Waals surface area (Å²) in [6.07, 6.45) is 2.60. The summed E-state index contributed by atoms with van der Waals surface area (Å²) in [5.41, 5.74) is 0.867. The molecule has 128 valence electrons. The van der Waals surface area contributed by atoms with Gasteiger partial charge in [0.25, 0.3) is 5.69 Å². The third kappa shape index (κ3) is 3.48. The summed E-state index contributed by atoms with van der Waals surface area (Å²) in [4.78, 5) is 31.2. The van der Waals surface area contributed by atoms with Gasteiger partial charge < -0.3 is 9.80 Å². The first-order valence-corrected chi connectivity index (χ1v) is 8.98. The Labute approximate surface area is 144 Å². The molecule has 1 aromatic carbocycles. The molecule has 1 amide bonds. The van der Waals surface area contributed by atoms with E-state index in [1.165, 1.54) is 17.4 Å². The molecule has 0 unspecified atom stereocenters. The molecule has 0 saturated carbocycles. The number of nitrogens with zero attached hydrogens (tertiary/aromatic N) is 4. The molecule has 0 aliphatic carbocycles. The molecule has 0 radical (unpaired) electrons. The Balaban J connectivity index is 1.67. The molecule has 0 spiro atoms. The Morgan fingerprint density at radius 3 is 2.75 bits per heavy atom. The second-order valence-electron chi connectivity index (χ2n) is 5.88. The number of rotatable bonds is 5. The van der Waals surface area contributed by atoms with Crippen LogP contribution >= 0.6 is 11.3 Å². The topological polar surface area (TPSA) is 79.6 Å². The quantitative estimate of drug-likeness (QED) is 0.613. The fourth-order valence-electron chi connectivity index (χ4n) is 2.78. The monoisotopic (exact) mass is 348 g/mol. The van der Waals surface area contributed by atoms with Crippen LogP contribution in [0.4, 0.5) is 10.8 Å². The third-order valence-electron chi connectivity index (χ3n) is 4.22. The summed E-state index contributed by atoms with van der Waals surface area (Å²) >= 11 is 1.47. The van der Waals surface area contributed by atoms with Crippen LogP contribution in [0, 0.1) is 10.1 Å². The predicted molar refractivity (Wildman–Crippen MR) is 94.6 cm³/mol. The summed E-state index contributed by atoms with van der Waals surface area (Å²) < 4.78 is 0.820. The number of hydrogen-bond donors (Lipinski definition) is 0. The number of amides is 1. The fraction of sp³-hybridized carbons (Fsp3) is 0.500. The van der Waals surface area contributed by atoms with Crippen molar-refractivity contribution in [3.05, 3.63) is 28.3 Å². The van der Waals surface area contributed by atoms with Crippen molar-refractivity contribution >= 4 is 38.3 Å². The average Bonchev–Trinajstić information content (AvgIpc) is 3.02. The number of unbranched alkanes of at least 4 members (excludes halogenated alkanes) is 1. The van der Waals surface area contributed by atoms with Crippen molar-refractivity contribution in [2.45, 2.75) is 26.2 Å². The lowest BCUT2D eigenvalue weighted by Crippen LogP contribution is -2.48. The van der Waals surface area contributed by atoms with Crippen LogP contribution in [0.5, 0.6) is 0 Å². The molecule has 2 aromatic rings. The van der Waals surface area contributed by atoms with Crippen molar-refractivity contribution < 1.29 is 9.72 Å². The molecule has 1 aliphatic rings. The average molecular weight is 348 g/mol. The van der Waals surface area contributed by atoms with Crippen LogP contribution in [-0.2, 0) is 4.79 Å². The lowest BCUT2D eigenvalue weighted by molar-refractivity contribution is -0.384. The number of hydrogen-bond acceptors (Lipinski definition) is 6. The standard InChI is InChI=1S/C16H20N4O3S/c1-2-3-4-15(21)18-7-9-19(10-8-18)16-17-13-6-5-12(20(22)23)11-14(13)24-16/h5-6,11H,2-4,7-10H2,1H3. The summed E-state index contributed by atoms with van der Waals surface area (Å²) in [5.74, 6) is 0.233. The molecule has 1 saturated heterocycles. The van der Waals surface area contributed by atoms with Gasteiger partial charge in [0.15, 0.2) is 5.13 Å². The maximum atomic E-state index is 12.1. The van der Waals surface area contributed by atoms with E-state index in [4.69, 9.17) is 0 Å². The van der Waals surface area contributed by atoms with Crippen LogP contribution in [0.1, 0.15) is 26.2 Å². The van der Waals surface area contributed by atoms with E-state index in [9.17, 15) is 14.9 Å². The van der Waals surface area contributed by atoms with Gasteiger partial charge in [-0.2, -0.15) is 0 Å². The van der Waals surface area contributed by atoms with Gasteiger partial charge in [-0.15, -0.1) is 0 Å². The van der Waals surface area contributed by atoms with E-state index in [0.717, 1.165) is 41.3 Å². The number of anilines is 1. The molecule has 7 nitrogen and oxygen atoms in total. The third-order valence-corrected chi connectivity index (χ3v) is 5.30. The molecule has 24 heavy (non-hydrogen) atoms. The Hall–Kier alpha value is -2.22. The largest absolute Gasteiger partial charge is 0.345 e. The van der Waals surface area contributed by atoms with Crippen molar-refractivity contribution in [2.75, 3.05) is 31.1 Å². The van der Waals surface area contributed by atoms with Crippen molar-refractivity contribution in [3.8, 4) is 0 Å². The van der Waals surface area contributed by atoms with Gasteiger partial charge in [0.05, 0.1) is 15.1 Å². The zero-order valence-electron chi connectivity index (χ0n) is 13.6. The van der Waals surface area contributed by atoms with E-state index in [1.54, 1.807) is 12.1 Å². The molecule has 1 aromatic heterocycles. The Morgan fingerprint density at radius 2 is 2.08 bits per heavy atom. The van der Waals surface area contributed by atoms with Crippen LogP contribution in [0.25, 0.3) is 10.2 Å². The molecular formula is C16H20N4O3S. The van der Waals surface area contributed by atoms with E-state index in [1.807, 2.05) is 4.90 Å². The minimum absolute atomic E-state index is 0.0871. The predicted octanol–water partition coefficient (Wildman–Crippen LogP) is 3.04. The first-order valence-electron chi connectivity index (χ1n) is 8.16. The first kappa shape index (κ1) is 16.6. The Bertz CT molecular complexity index is 753. The fourth-order valence-corrected chi connectivity index (χ4v) is 3.83. The molecule has 0 N–H and O–H groups in total. The second-order valence-corrected chi connectivity index (χ2v) is 6.89. The van der Waals surface area contributed by atoms with Crippen molar-refractivity contribution in [3.63, 3.8) is 0 Å². The molecule has 0 bridgehead atoms. The summed E-state index contributed by atoms with van der Waals surface area (Å²) in [6, 6.07) is 4.75. The second kappa shape index (κ2) is 7.12. The van der Waals surface area contributed by atoms with Crippen molar-refractivity contribution in [1.29, 1.82) is 0 Å². The summed E-state index contributed by atoms with van der Waals surface area (Å²) in [7, 11) is 0. The van der Waals surface area contributed by atoms with Gasteiger partial charge >= 0.3 is 0 Å². The number of aromatic nitrogens is 1. The van der Waals surface area contributed by atoms with E-state index < -0.39 is 0 Å². The number of nitro groups is 1. The highest BCUT2D eigenvalue weighted by molar-refractivity contribution is 7.22. The number of piperazine rings is 1. The van der Waals surface area contributed by atoms with E-state index in [2.05, 4.69) is 16.8 Å². The highest BCUT2D eigenvalue weighted by Crippen LogP contribution is 2.31. The number of benzene rings is 1. The number of non-ortho nitro benzene ring substituents is 1. The minimum atomic E-state index is -0.389. The molecule has 1 aliphatic heterocycles. The molecule has 8 heteroatoms. The Kier molecular flexibility index (Phi) is 4.94. The molecule has 2 heterocycles. The van der Waals surface area contributed by atoms with E-state index in [0.29, 0.717) is 19.5 Å². The number of thiazole rings is 1. The molecule has 0 atom stereocenters. The zero-order valence-corrected chi connectivity index (χ0v) is 14.4. The van der Waals surface area contributed by atoms with Gasteiger partial charge in [0, 0.05) is 44.7 Å². The van der Waals surface area contributed by atoms with Gasteiger partial charge in [0.1, 0.15) is 0 Å². The SMILES string of the molecule is CCCCC(=O)N1CCN(c2nc3ccc([N+](=O)[O-])cc3s2)CC1. The lowest BCUT2D eigenvalue weighted by atomic mass is 10.2. The van der Waals surface area contributed by atoms with Crippen LogP contribution in [0.2, 0.25) is 0 Å². The lowest BCUT2D eigenvalue weighted by Gasteiger charge is -2.34. The highest BCUT2D eigenvalue weighted by Gasteiger charge is 2.23. The van der Waals surface area contributed by atoms with Gasteiger partial charge in [-0.05, 0) is 12.5 Å². The van der Waals surface area contributed by atoms with Gasteiger partial charge in [-0.25, -0.2) is 4.98 Å². The summed E-state index contributed by atoms with van der Waals surface area (Å²) in [6.45, 7) is 5.00. The number of carbonyl (C=O) groups is 1. The molecule has 3 rings (SSSR count). The minimum Gasteiger partial charge on any atom is -0.345 e. The highest BCUT2D eigenvalue weighted by atomic mass is 32.1. The Morgan fingerprint density at radius 1 is 1.33 bits per heavy atom. The molecule has 1 fully saturated rings. The van der Waals surface area contributed by atoms with Crippen LogP contribution in [0.15, 0.2) is 18.2 Å². The van der Waals surface area contributed by atoms with Crippen LogP contribution in [0.3, 0.4) is 0 Å². The van der Waals surface area contributed by atoms with Gasteiger partial charge in [-0.1, -0.05) is 24.7 Å². The van der Waals surface area contributed by atoms with Gasteiger partial charge in [-0.3, -0.25) is 14.9 Å². The van der Waals surface area contributed by atoms with Crippen molar-refractivity contribution in [2.24, 2.45) is 0 Å². The zero-order chi connectivity index (χ0) is 17.1. The first-order chi connectivity index (χ1) is 11.6. The number of nitro benzene ring substituents is 1. The molecular weight excluding hydrogens is 328 g/mol. The number of carbonyl (C=O) groups excluding carboxylic acids is 1.